The second kappa shape index (κ2) is 5.95. The molecule has 1 rings (SSSR count). The second-order valence-corrected chi connectivity index (χ2v) is 4.22. The molecule has 0 fully saturated rings. The summed E-state index contributed by atoms with van der Waals surface area (Å²) in [6.45, 7) is -0.244. The number of rotatable bonds is 5. The number of benzene rings is 1. The van der Waals surface area contributed by atoms with E-state index >= 15 is 0 Å². The maximum atomic E-state index is 12.7. The minimum absolute atomic E-state index is 0.244. The lowest BCUT2D eigenvalue weighted by Crippen LogP contribution is -2.14. The third kappa shape index (κ3) is 4.07. The molecule has 1 atom stereocenters. The van der Waals surface area contributed by atoms with Crippen LogP contribution in [0.3, 0.4) is 0 Å². The molecule has 0 amide bonds. The highest BCUT2D eigenvalue weighted by atomic mass is 32.2. The molecule has 15 heavy (non-hydrogen) atoms. The zero-order valence-electron chi connectivity index (χ0n) is 8.19. The smallest absolute Gasteiger partial charge is 0.125 e. The molecule has 0 bridgehead atoms. The Balaban J connectivity index is 2.44. The molecule has 84 valence electrons. The minimum atomic E-state index is -0.711. The van der Waals surface area contributed by atoms with Gasteiger partial charge in [0.15, 0.2) is 0 Å². The van der Waals surface area contributed by atoms with Gasteiger partial charge >= 0.3 is 0 Å². The van der Waals surface area contributed by atoms with E-state index in [4.69, 9.17) is 15.9 Å². The van der Waals surface area contributed by atoms with Crippen LogP contribution in [0.1, 0.15) is 5.56 Å². The van der Waals surface area contributed by atoms with E-state index < -0.39 is 6.10 Å². The third-order valence-corrected chi connectivity index (χ3v) is 3.02. The van der Waals surface area contributed by atoms with E-state index in [1.807, 2.05) is 0 Å². The van der Waals surface area contributed by atoms with Crippen molar-refractivity contribution in [3.63, 3.8) is 0 Å². The summed E-state index contributed by atoms with van der Waals surface area (Å²) in [7, 11) is 0. The molecule has 5 heteroatoms. The van der Waals surface area contributed by atoms with Gasteiger partial charge in [-0.1, -0.05) is 6.07 Å². The van der Waals surface area contributed by atoms with Gasteiger partial charge in [0.25, 0.3) is 0 Å². The Morgan fingerprint density at radius 1 is 1.47 bits per heavy atom. The van der Waals surface area contributed by atoms with Crippen LogP contribution in [0.15, 0.2) is 18.2 Å². The standard InChI is InChI=1S/C10H14FNO2S/c11-8-2-1-7(10(12)3-8)5-15-6-9(14)4-13/h1-3,9,13-14H,4-6,12H2. The summed E-state index contributed by atoms with van der Waals surface area (Å²) in [4.78, 5) is 0. The lowest BCUT2D eigenvalue weighted by Gasteiger charge is -2.08. The van der Waals surface area contributed by atoms with Crippen molar-refractivity contribution < 1.29 is 14.6 Å². The van der Waals surface area contributed by atoms with Gasteiger partial charge in [-0.25, -0.2) is 4.39 Å². The molecule has 1 aromatic carbocycles. The third-order valence-electron chi connectivity index (χ3n) is 1.89. The lowest BCUT2D eigenvalue weighted by molar-refractivity contribution is 0.113. The van der Waals surface area contributed by atoms with Crippen molar-refractivity contribution >= 4 is 17.4 Å². The van der Waals surface area contributed by atoms with Crippen molar-refractivity contribution in [3.05, 3.63) is 29.6 Å². The average Bonchev–Trinajstić information content (AvgIpc) is 2.21. The Morgan fingerprint density at radius 2 is 2.20 bits per heavy atom. The van der Waals surface area contributed by atoms with Crippen LogP contribution in [0.5, 0.6) is 0 Å². The highest BCUT2D eigenvalue weighted by Gasteiger charge is 2.04. The molecule has 3 nitrogen and oxygen atoms in total. The van der Waals surface area contributed by atoms with E-state index in [2.05, 4.69) is 0 Å². The Bertz CT molecular complexity index is 322. The van der Waals surface area contributed by atoms with Gasteiger partial charge in [-0.3, -0.25) is 0 Å². The number of hydrogen-bond donors (Lipinski definition) is 3. The van der Waals surface area contributed by atoms with Crippen molar-refractivity contribution in [1.82, 2.24) is 0 Å². The van der Waals surface area contributed by atoms with Crippen molar-refractivity contribution in [1.29, 1.82) is 0 Å². The van der Waals surface area contributed by atoms with Crippen molar-refractivity contribution in [2.75, 3.05) is 18.1 Å². The summed E-state index contributed by atoms with van der Waals surface area (Å²) < 4.78 is 12.7. The molecule has 1 unspecified atom stereocenters. The number of thioether (sulfide) groups is 1. The normalized spacial score (nSPS) is 12.7. The molecule has 0 aromatic heterocycles. The molecule has 0 aliphatic carbocycles. The van der Waals surface area contributed by atoms with Crippen LogP contribution in [-0.2, 0) is 5.75 Å². The quantitative estimate of drug-likeness (QED) is 0.661. The molecule has 0 aliphatic rings. The van der Waals surface area contributed by atoms with Crippen LogP contribution in [-0.4, -0.2) is 28.7 Å². The Hall–Kier alpha value is -0.780. The van der Waals surface area contributed by atoms with E-state index in [0.717, 1.165) is 5.56 Å². The summed E-state index contributed by atoms with van der Waals surface area (Å²) in [5.74, 6) is 0.688. The fourth-order valence-corrected chi connectivity index (χ4v) is 2.03. The molecule has 0 aliphatic heterocycles. The summed E-state index contributed by atoms with van der Waals surface area (Å²) in [5.41, 5.74) is 6.86. The number of hydrogen-bond acceptors (Lipinski definition) is 4. The number of nitrogen functional groups attached to an aromatic ring is 1. The SMILES string of the molecule is Nc1cc(F)ccc1CSCC(O)CO. The van der Waals surface area contributed by atoms with Gasteiger partial charge in [-0.2, -0.15) is 11.8 Å². The molecular formula is C10H14FNO2S. The first-order chi connectivity index (χ1) is 7.13. The fourth-order valence-electron chi connectivity index (χ4n) is 1.05. The number of halogens is 1. The van der Waals surface area contributed by atoms with Gasteiger partial charge in [-0.15, -0.1) is 0 Å². The molecule has 1 aromatic rings. The largest absolute Gasteiger partial charge is 0.398 e. The fraction of sp³-hybridized carbons (Fsp3) is 0.400. The second-order valence-electron chi connectivity index (χ2n) is 3.19. The topological polar surface area (TPSA) is 66.5 Å². The molecule has 0 saturated heterocycles. The van der Waals surface area contributed by atoms with Crippen LogP contribution >= 0.6 is 11.8 Å². The van der Waals surface area contributed by atoms with Crippen LogP contribution in [0.2, 0.25) is 0 Å². The lowest BCUT2D eigenvalue weighted by atomic mass is 10.2. The van der Waals surface area contributed by atoms with E-state index in [1.54, 1.807) is 6.07 Å². The molecule has 0 heterocycles. The van der Waals surface area contributed by atoms with Gasteiger partial charge in [0.1, 0.15) is 5.82 Å². The Labute approximate surface area is 92.1 Å². The molecule has 0 radical (unpaired) electrons. The Kier molecular flexibility index (Phi) is 4.87. The van der Waals surface area contributed by atoms with Crippen molar-refractivity contribution in [3.8, 4) is 0 Å². The minimum Gasteiger partial charge on any atom is -0.398 e. The maximum absolute atomic E-state index is 12.7. The van der Waals surface area contributed by atoms with Gasteiger partial charge < -0.3 is 15.9 Å². The van der Waals surface area contributed by atoms with Crippen molar-refractivity contribution in [2.24, 2.45) is 0 Å². The average molecular weight is 231 g/mol. The van der Waals surface area contributed by atoms with Crippen LogP contribution in [0, 0.1) is 5.82 Å². The van der Waals surface area contributed by atoms with Crippen LogP contribution < -0.4 is 5.73 Å². The van der Waals surface area contributed by atoms with Crippen LogP contribution in [0.4, 0.5) is 10.1 Å². The number of nitrogens with two attached hydrogens (primary N) is 1. The highest BCUT2D eigenvalue weighted by Crippen LogP contribution is 2.19. The van der Waals surface area contributed by atoms with Gasteiger partial charge in [0, 0.05) is 17.2 Å². The zero-order chi connectivity index (χ0) is 11.3. The van der Waals surface area contributed by atoms with E-state index in [0.29, 0.717) is 17.2 Å². The summed E-state index contributed by atoms with van der Waals surface area (Å²) >= 11 is 1.45. The van der Waals surface area contributed by atoms with E-state index in [9.17, 15) is 4.39 Å². The summed E-state index contributed by atoms with van der Waals surface area (Å²) in [5, 5.41) is 17.7. The maximum Gasteiger partial charge on any atom is 0.125 e. The van der Waals surface area contributed by atoms with Crippen LogP contribution in [0.25, 0.3) is 0 Å². The zero-order valence-corrected chi connectivity index (χ0v) is 9.01. The van der Waals surface area contributed by atoms with Crippen molar-refractivity contribution in [2.45, 2.75) is 11.9 Å². The first kappa shape index (κ1) is 12.3. The molecular weight excluding hydrogens is 217 g/mol. The van der Waals surface area contributed by atoms with Gasteiger partial charge in [0.2, 0.25) is 0 Å². The number of aliphatic hydroxyl groups excluding tert-OH is 2. The predicted octanol–water partition coefficient (Wildman–Crippen LogP) is 0.994. The highest BCUT2D eigenvalue weighted by molar-refractivity contribution is 7.98. The van der Waals surface area contributed by atoms with E-state index in [1.165, 1.54) is 23.9 Å². The molecule has 4 N–H and O–H groups in total. The molecule has 0 saturated carbocycles. The first-order valence-electron chi connectivity index (χ1n) is 4.54. The van der Waals surface area contributed by atoms with Gasteiger partial charge in [0.05, 0.1) is 12.7 Å². The summed E-state index contributed by atoms with van der Waals surface area (Å²) in [6.07, 6.45) is -0.711. The first-order valence-corrected chi connectivity index (χ1v) is 5.69. The molecule has 0 spiro atoms. The predicted molar refractivity (Wildman–Crippen MR) is 60.1 cm³/mol. The Morgan fingerprint density at radius 3 is 2.80 bits per heavy atom. The monoisotopic (exact) mass is 231 g/mol. The number of anilines is 1. The summed E-state index contributed by atoms with van der Waals surface area (Å²) in [6, 6.07) is 4.26. The van der Waals surface area contributed by atoms with Gasteiger partial charge in [-0.05, 0) is 17.7 Å². The number of aliphatic hydroxyl groups is 2. The van der Waals surface area contributed by atoms with E-state index in [-0.39, 0.29) is 12.4 Å².